The van der Waals surface area contributed by atoms with Crippen molar-refractivity contribution in [1.82, 2.24) is 19.4 Å². The minimum absolute atomic E-state index is 0.272. The summed E-state index contributed by atoms with van der Waals surface area (Å²) in [7, 11) is 0. The van der Waals surface area contributed by atoms with Gasteiger partial charge in [0.15, 0.2) is 0 Å². The van der Waals surface area contributed by atoms with E-state index in [1.54, 1.807) is 12.5 Å². The zero-order chi connectivity index (χ0) is 16.4. The van der Waals surface area contributed by atoms with Crippen molar-refractivity contribution < 1.29 is 4.79 Å². The Labute approximate surface area is 142 Å². The fraction of sp³-hybridized carbons (Fsp3) is 0.526. The third kappa shape index (κ3) is 3.07. The van der Waals surface area contributed by atoms with E-state index in [2.05, 4.69) is 22.0 Å². The molecule has 2 fully saturated rings. The van der Waals surface area contributed by atoms with Gasteiger partial charge in [-0.15, -0.1) is 0 Å². The van der Waals surface area contributed by atoms with Gasteiger partial charge in [-0.2, -0.15) is 0 Å². The Hall–Kier alpha value is -2.17. The topological polar surface area (TPSA) is 51.0 Å². The molecule has 5 heteroatoms. The molecule has 1 saturated carbocycles. The summed E-state index contributed by atoms with van der Waals surface area (Å²) in [5.74, 6) is 1.88. The third-order valence-electron chi connectivity index (χ3n) is 5.38. The first-order valence-corrected chi connectivity index (χ1v) is 9.05. The van der Waals surface area contributed by atoms with Crippen LogP contribution in [-0.2, 0) is 4.79 Å². The standard InChI is InChI=1S/C19H24N4O/c24-19(15-5-1-2-6-15)22-11-4-7-16(13-22)17-8-3-9-18(21-17)23-12-10-20-14-23/h3,8-10,12,14-16H,1-2,4-7,11,13H2/t16-/m0/s1. The lowest BCUT2D eigenvalue weighted by Gasteiger charge is -2.34. The lowest BCUT2D eigenvalue weighted by molar-refractivity contribution is -0.136. The fourth-order valence-electron chi connectivity index (χ4n) is 4.06. The number of nitrogens with zero attached hydrogens (tertiary/aromatic N) is 4. The molecule has 2 aromatic rings. The molecule has 1 atom stereocenters. The molecule has 4 rings (SSSR count). The molecule has 1 saturated heterocycles. The summed E-state index contributed by atoms with van der Waals surface area (Å²) in [4.78, 5) is 23.7. The Balaban J connectivity index is 1.50. The summed E-state index contributed by atoms with van der Waals surface area (Å²) in [5, 5.41) is 0. The summed E-state index contributed by atoms with van der Waals surface area (Å²) in [5.41, 5.74) is 1.09. The van der Waals surface area contributed by atoms with Crippen LogP contribution in [0.4, 0.5) is 0 Å². The fourth-order valence-corrected chi connectivity index (χ4v) is 4.06. The second-order valence-electron chi connectivity index (χ2n) is 7.00. The van der Waals surface area contributed by atoms with E-state index < -0.39 is 0 Å². The van der Waals surface area contributed by atoms with Crippen LogP contribution in [0.3, 0.4) is 0 Å². The molecule has 0 unspecified atom stereocenters. The summed E-state index contributed by atoms with van der Waals surface area (Å²) < 4.78 is 1.92. The van der Waals surface area contributed by atoms with Crippen LogP contribution in [-0.4, -0.2) is 38.4 Å². The second-order valence-corrected chi connectivity index (χ2v) is 7.00. The Morgan fingerprint density at radius 3 is 2.79 bits per heavy atom. The zero-order valence-electron chi connectivity index (χ0n) is 14.0. The smallest absolute Gasteiger partial charge is 0.225 e. The van der Waals surface area contributed by atoms with Crippen LogP contribution in [0.2, 0.25) is 0 Å². The minimum atomic E-state index is 0.272. The number of carbonyl (C=O) groups excluding carboxylic acids is 1. The van der Waals surface area contributed by atoms with E-state index >= 15 is 0 Å². The maximum absolute atomic E-state index is 12.7. The highest BCUT2D eigenvalue weighted by Gasteiger charge is 2.31. The summed E-state index contributed by atoms with van der Waals surface area (Å²) in [6, 6.07) is 6.14. The number of amides is 1. The number of hydrogen-bond acceptors (Lipinski definition) is 3. The van der Waals surface area contributed by atoms with Crippen LogP contribution in [0.5, 0.6) is 0 Å². The van der Waals surface area contributed by atoms with E-state index in [9.17, 15) is 4.79 Å². The molecule has 0 aromatic carbocycles. The first-order chi connectivity index (χ1) is 11.8. The van der Waals surface area contributed by atoms with Gasteiger partial charge in [0.1, 0.15) is 12.1 Å². The average molecular weight is 324 g/mol. The maximum atomic E-state index is 12.7. The predicted octanol–water partition coefficient (Wildman–Crippen LogP) is 3.16. The van der Waals surface area contributed by atoms with Gasteiger partial charge in [0.25, 0.3) is 0 Å². The largest absolute Gasteiger partial charge is 0.342 e. The van der Waals surface area contributed by atoms with Crippen LogP contribution < -0.4 is 0 Å². The number of rotatable bonds is 3. The highest BCUT2D eigenvalue weighted by Crippen LogP contribution is 2.31. The van der Waals surface area contributed by atoms with Gasteiger partial charge in [0.05, 0.1) is 0 Å². The van der Waals surface area contributed by atoms with Crippen molar-refractivity contribution in [1.29, 1.82) is 0 Å². The molecule has 1 aliphatic heterocycles. The van der Waals surface area contributed by atoms with Gasteiger partial charge >= 0.3 is 0 Å². The number of pyridine rings is 1. The first kappa shape index (κ1) is 15.4. The SMILES string of the molecule is O=C(C1CCCC1)N1CCC[C@H](c2cccc(-n3ccnc3)n2)C1. The van der Waals surface area contributed by atoms with Crippen molar-refractivity contribution >= 4 is 5.91 Å². The highest BCUT2D eigenvalue weighted by atomic mass is 16.2. The number of imidazole rings is 1. The van der Waals surface area contributed by atoms with Crippen molar-refractivity contribution in [2.45, 2.75) is 44.4 Å². The molecule has 1 aliphatic carbocycles. The number of aromatic nitrogens is 3. The lowest BCUT2D eigenvalue weighted by atomic mass is 9.93. The summed E-state index contributed by atoms with van der Waals surface area (Å²) in [6.07, 6.45) is 12.2. The number of carbonyl (C=O) groups is 1. The van der Waals surface area contributed by atoms with E-state index in [1.165, 1.54) is 12.8 Å². The van der Waals surface area contributed by atoms with Crippen LogP contribution >= 0.6 is 0 Å². The van der Waals surface area contributed by atoms with Crippen molar-refractivity contribution in [3.8, 4) is 5.82 Å². The molecule has 3 heterocycles. The summed E-state index contributed by atoms with van der Waals surface area (Å²) in [6.45, 7) is 1.72. The van der Waals surface area contributed by atoms with Crippen LogP contribution in [0, 0.1) is 5.92 Å². The monoisotopic (exact) mass is 324 g/mol. The quantitative estimate of drug-likeness (QED) is 0.871. The third-order valence-corrected chi connectivity index (χ3v) is 5.38. The van der Waals surface area contributed by atoms with Gasteiger partial charge in [0.2, 0.25) is 5.91 Å². The van der Waals surface area contributed by atoms with Crippen molar-refractivity contribution in [3.05, 3.63) is 42.6 Å². The number of piperidine rings is 1. The summed E-state index contributed by atoms with van der Waals surface area (Å²) >= 11 is 0. The van der Waals surface area contributed by atoms with Crippen molar-refractivity contribution in [2.24, 2.45) is 5.92 Å². The van der Waals surface area contributed by atoms with Crippen LogP contribution in [0.25, 0.3) is 5.82 Å². The molecule has 1 amide bonds. The normalized spacial score (nSPS) is 22.0. The molecule has 0 spiro atoms. The van der Waals surface area contributed by atoms with E-state index in [1.807, 2.05) is 16.8 Å². The van der Waals surface area contributed by atoms with E-state index in [-0.39, 0.29) is 5.92 Å². The van der Waals surface area contributed by atoms with Gasteiger partial charge in [-0.3, -0.25) is 9.36 Å². The van der Waals surface area contributed by atoms with Gasteiger partial charge in [-0.05, 0) is 37.8 Å². The van der Waals surface area contributed by atoms with Crippen LogP contribution in [0.1, 0.15) is 50.1 Å². The molecule has 0 radical (unpaired) electrons. The number of hydrogen-bond donors (Lipinski definition) is 0. The van der Waals surface area contributed by atoms with Crippen LogP contribution in [0.15, 0.2) is 36.9 Å². The van der Waals surface area contributed by atoms with E-state index in [0.717, 1.165) is 50.3 Å². The Kier molecular flexibility index (Phi) is 4.32. The van der Waals surface area contributed by atoms with Crippen molar-refractivity contribution in [2.75, 3.05) is 13.1 Å². The van der Waals surface area contributed by atoms with E-state index in [0.29, 0.717) is 11.8 Å². The Morgan fingerprint density at radius 2 is 2.00 bits per heavy atom. The molecular formula is C19H24N4O. The molecule has 2 aliphatic rings. The predicted molar refractivity (Wildman–Crippen MR) is 91.9 cm³/mol. The molecule has 5 nitrogen and oxygen atoms in total. The maximum Gasteiger partial charge on any atom is 0.225 e. The second kappa shape index (κ2) is 6.75. The van der Waals surface area contributed by atoms with Gasteiger partial charge in [-0.25, -0.2) is 9.97 Å². The Morgan fingerprint density at radius 1 is 1.12 bits per heavy atom. The minimum Gasteiger partial charge on any atom is -0.342 e. The molecule has 24 heavy (non-hydrogen) atoms. The molecule has 0 N–H and O–H groups in total. The zero-order valence-corrected chi connectivity index (χ0v) is 14.0. The van der Waals surface area contributed by atoms with Gasteiger partial charge in [-0.1, -0.05) is 18.9 Å². The highest BCUT2D eigenvalue weighted by molar-refractivity contribution is 5.79. The first-order valence-electron chi connectivity index (χ1n) is 9.05. The average Bonchev–Trinajstić information content (AvgIpc) is 3.35. The molecule has 2 aromatic heterocycles. The lowest BCUT2D eigenvalue weighted by Crippen LogP contribution is -2.42. The van der Waals surface area contributed by atoms with Gasteiger partial charge < -0.3 is 4.90 Å². The number of likely N-dealkylation sites (tertiary alicyclic amines) is 1. The van der Waals surface area contributed by atoms with E-state index in [4.69, 9.17) is 4.98 Å². The Bertz CT molecular complexity index is 691. The van der Waals surface area contributed by atoms with Crippen molar-refractivity contribution in [3.63, 3.8) is 0 Å². The molecular weight excluding hydrogens is 300 g/mol. The molecule has 0 bridgehead atoms. The van der Waals surface area contributed by atoms with Gasteiger partial charge in [0, 0.05) is 43.0 Å². The molecule has 126 valence electrons.